The van der Waals surface area contributed by atoms with Crippen LogP contribution in [0.15, 0.2) is 30.6 Å². The lowest BCUT2D eigenvalue weighted by Gasteiger charge is -2.47. The standard InChI is InChI=1S/C24H23ClFN5O2/c1-31-7-6-14-21(28-19-12-4-2-11(3-5-12)18(19)24(32)33)29-22(30-23(14)31)16-10-27-20-15(16)8-13(25)9-17(20)26/h6-12,18-19,27H,2-5H2,1H3,(H,32,33)(H,28,29,30)/t11?,12?,18-,19-/m0/s1. The van der Waals surface area contributed by atoms with Gasteiger partial charge in [-0.3, -0.25) is 4.79 Å². The first kappa shape index (κ1) is 20.5. The molecule has 7 rings (SSSR count). The Bertz CT molecular complexity index is 1410. The number of anilines is 1. The van der Waals surface area contributed by atoms with E-state index in [1.807, 2.05) is 23.9 Å². The van der Waals surface area contributed by atoms with Crippen LogP contribution in [0.2, 0.25) is 5.02 Å². The smallest absolute Gasteiger partial charge is 0.308 e. The van der Waals surface area contributed by atoms with Crippen LogP contribution in [0.3, 0.4) is 0 Å². The third kappa shape index (κ3) is 3.19. The molecule has 3 N–H and O–H groups in total. The Morgan fingerprint density at radius 1 is 1.21 bits per heavy atom. The predicted molar refractivity (Wildman–Crippen MR) is 125 cm³/mol. The number of aromatic amines is 1. The van der Waals surface area contributed by atoms with Gasteiger partial charge in [0.25, 0.3) is 0 Å². The number of aromatic nitrogens is 4. The maximum Gasteiger partial charge on any atom is 0.308 e. The molecule has 0 spiro atoms. The van der Waals surface area contributed by atoms with Gasteiger partial charge in [0.1, 0.15) is 17.3 Å². The van der Waals surface area contributed by atoms with Crippen molar-refractivity contribution in [3.8, 4) is 11.4 Å². The summed E-state index contributed by atoms with van der Waals surface area (Å²) in [5.74, 6) is -0.100. The van der Waals surface area contributed by atoms with E-state index in [2.05, 4.69) is 10.3 Å². The third-order valence-electron chi connectivity index (χ3n) is 7.48. The van der Waals surface area contributed by atoms with Crippen LogP contribution in [0.5, 0.6) is 0 Å². The van der Waals surface area contributed by atoms with Gasteiger partial charge in [0.2, 0.25) is 0 Å². The minimum Gasteiger partial charge on any atom is -0.481 e. The molecule has 3 aromatic heterocycles. The van der Waals surface area contributed by atoms with Gasteiger partial charge in [-0.15, -0.1) is 0 Å². The highest BCUT2D eigenvalue weighted by Crippen LogP contribution is 2.46. The van der Waals surface area contributed by atoms with Crippen molar-refractivity contribution >= 4 is 45.3 Å². The van der Waals surface area contributed by atoms with Crippen molar-refractivity contribution in [2.24, 2.45) is 24.8 Å². The molecule has 7 nitrogen and oxygen atoms in total. The van der Waals surface area contributed by atoms with Crippen LogP contribution in [-0.4, -0.2) is 36.6 Å². The summed E-state index contributed by atoms with van der Waals surface area (Å²) >= 11 is 6.12. The number of nitrogens with zero attached hydrogens (tertiary/aromatic N) is 3. The number of carboxylic acids is 1. The van der Waals surface area contributed by atoms with E-state index in [1.54, 1.807) is 12.3 Å². The molecule has 3 aliphatic carbocycles. The SMILES string of the molecule is Cn1ccc2c(N[C@H]3C4CCC(CC4)[C@@H]3C(=O)O)nc(-c3c[nH]c4c(F)cc(Cl)cc34)nc21. The van der Waals surface area contributed by atoms with Crippen molar-refractivity contribution in [1.29, 1.82) is 0 Å². The second-order valence-electron chi connectivity index (χ2n) is 9.28. The van der Waals surface area contributed by atoms with Gasteiger partial charge in [0, 0.05) is 41.5 Å². The molecule has 9 heteroatoms. The van der Waals surface area contributed by atoms with E-state index in [-0.39, 0.29) is 12.0 Å². The van der Waals surface area contributed by atoms with Crippen LogP contribution in [-0.2, 0) is 11.8 Å². The lowest BCUT2D eigenvalue weighted by molar-refractivity contribution is -0.148. The lowest BCUT2D eigenvalue weighted by atomic mass is 9.61. The highest BCUT2D eigenvalue weighted by molar-refractivity contribution is 6.31. The molecule has 3 aliphatic rings. The quantitative estimate of drug-likeness (QED) is 0.383. The van der Waals surface area contributed by atoms with Crippen LogP contribution < -0.4 is 5.32 Å². The fourth-order valence-electron chi connectivity index (χ4n) is 5.88. The molecule has 0 saturated heterocycles. The van der Waals surface area contributed by atoms with Gasteiger partial charge in [0.15, 0.2) is 5.82 Å². The molecule has 2 atom stereocenters. The lowest BCUT2D eigenvalue weighted by Crippen LogP contribution is -2.51. The zero-order chi connectivity index (χ0) is 22.9. The minimum atomic E-state index is -0.748. The minimum absolute atomic E-state index is 0.184. The topological polar surface area (TPSA) is 95.8 Å². The van der Waals surface area contributed by atoms with E-state index < -0.39 is 17.7 Å². The zero-order valence-corrected chi connectivity index (χ0v) is 18.7. The Kier molecular flexibility index (Phi) is 4.62. The Balaban J connectivity index is 1.49. The molecule has 0 radical (unpaired) electrons. The first-order chi connectivity index (χ1) is 15.9. The van der Waals surface area contributed by atoms with Crippen molar-refractivity contribution < 1.29 is 14.3 Å². The summed E-state index contributed by atoms with van der Waals surface area (Å²) in [5, 5.41) is 15.2. The Morgan fingerprint density at radius 3 is 2.73 bits per heavy atom. The second-order valence-corrected chi connectivity index (χ2v) is 9.72. The summed E-state index contributed by atoms with van der Waals surface area (Å²) < 4.78 is 16.3. The molecule has 1 aromatic carbocycles. The third-order valence-corrected chi connectivity index (χ3v) is 7.70. The number of aliphatic carboxylic acids is 1. The molecule has 170 valence electrons. The molecule has 4 aromatic rings. The fourth-order valence-corrected chi connectivity index (χ4v) is 6.08. The van der Waals surface area contributed by atoms with Gasteiger partial charge < -0.3 is 20.0 Å². The summed E-state index contributed by atoms with van der Waals surface area (Å²) in [7, 11) is 1.90. The number of carboxylic acid groups (broad SMARTS) is 1. The summed E-state index contributed by atoms with van der Waals surface area (Å²) in [4.78, 5) is 24.7. The largest absolute Gasteiger partial charge is 0.481 e. The monoisotopic (exact) mass is 467 g/mol. The number of aryl methyl sites for hydroxylation is 1. The highest BCUT2D eigenvalue weighted by Gasteiger charge is 2.47. The Morgan fingerprint density at radius 2 is 1.97 bits per heavy atom. The molecular formula is C24H23ClFN5O2. The average molecular weight is 468 g/mol. The molecule has 3 fully saturated rings. The molecular weight excluding hydrogens is 445 g/mol. The fraction of sp³-hybridized carbons (Fsp3) is 0.375. The number of nitrogens with one attached hydrogen (secondary N) is 2. The van der Waals surface area contributed by atoms with Gasteiger partial charge in [-0.25, -0.2) is 14.4 Å². The van der Waals surface area contributed by atoms with E-state index in [1.165, 1.54) is 6.07 Å². The van der Waals surface area contributed by atoms with E-state index in [9.17, 15) is 14.3 Å². The van der Waals surface area contributed by atoms with Crippen molar-refractivity contribution in [3.05, 3.63) is 41.4 Å². The average Bonchev–Trinajstić information content (AvgIpc) is 3.38. The number of hydrogen-bond donors (Lipinski definition) is 3. The summed E-state index contributed by atoms with van der Waals surface area (Å²) in [5.41, 5.74) is 1.69. The number of halogens is 2. The van der Waals surface area contributed by atoms with Gasteiger partial charge >= 0.3 is 5.97 Å². The van der Waals surface area contributed by atoms with Crippen LogP contribution in [0.1, 0.15) is 25.7 Å². The highest BCUT2D eigenvalue weighted by atomic mass is 35.5. The second kappa shape index (κ2) is 7.45. The Hall–Kier alpha value is -3.13. The Labute approximate surface area is 194 Å². The number of rotatable bonds is 4. The molecule has 33 heavy (non-hydrogen) atoms. The van der Waals surface area contributed by atoms with Crippen molar-refractivity contribution in [2.45, 2.75) is 31.7 Å². The van der Waals surface area contributed by atoms with Crippen molar-refractivity contribution in [2.75, 3.05) is 5.32 Å². The van der Waals surface area contributed by atoms with Gasteiger partial charge in [-0.05, 0) is 55.7 Å². The summed E-state index contributed by atoms with van der Waals surface area (Å²) in [6.45, 7) is 0. The number of fused-ring (bicyclic) bond motifs is 5. The van der Waals surface area contributed by atoms with Crippen LogP contribution >= 0.6 is 11.6 Å². The van der Waals surface area contributed by atoms with E-state index in [4.69, 9.17) is 21.6 Å². The molecule has 3 heterocycles. The number of H-pyrrole nitrogens is 1. The van der Waals surface area contributed by atoms with Crippen LogP contribution in [0.25, 0.3) is 33.3 Å². The van der Waals surface area contributed by atoms with Gasteiger partial charge in [0.05, 0.1) is 16.8 Å². The first-order valence-electron chi connectivity index (χ1n) is 11.2. The van der Waals surface area contributed by atoms with Crippen LogP contribution in [0, 0.1) is 23.6 Å². The van der Waals surface area contributed by atoms with Crippen molar-refractivity contribution in [1.82, 2.24) is 19.5 Å². The number of carbonyl (C=O) groups is 1. The van der Waals surface area contributed by atoms with Gasteiger partial charge in [-0.2, -0.15) is 0 Å². The molecule has 0 amide bonds. The maximum absolute atomic E-state index is 14.4. The maximum atomic E-state index is 14.4. The van der Waals surface area contributed by atoms with Crippen LogP contribution in [0.4, 0.5) is 10.2 Å². The summed E-state index contributed by atoms with van der Waals surface area (Å²) in [6, 6.07) is 4.71. The van der Waals surface area contributed by atoms with Gasteiger partial charge in [-0.1, -0.05) is 11.6 Å². The number of benzene rings is 1. The molecule has 0 aliphatic heterocycles. The van der Waals surface area contributed by atoms with E-state index in [0.29, 0.717) is 44.7 Å². The normalized spacial score (nSPS) is 24.6. The first-order valence-corrected chi connectivity index (χ1v) is 11.6. The van der Waals surface area contributed by atoms with E-state index >= 15 is 0 Å². The van der Waals surface area contributed by atoms with E-state index in [0.717, 1.165) is 31.1 Å². The molecule has 0 unspecified atom stereocenters. The molecule has 2 bridgehead atoms. The molecule has 3 saturated carbocycles. The summed E-state index contributed by atoms with van der Waals surface area (Å²) in [6.07, 6.45) is 7.58. The van der Waals surface area contributed by atoms with Crippen molar-refractivity contribution in [3.63, 3.8) is 0 Å². The zero-order valence-electron chi connectivity index (χ0n) is 18.0. The number of hydrogen-bond acceptors (Lipinski definition) is 4. The predicted octanol–water partition coefficient (Wildman–Crippen LogP) is 5.21.